The molecule has 6 heteroatoms. The number of piperidine rings is 1. The van der Waals surface area contributed by atoms with Gasteiger partial charge in [0.05, 0.1) is 6.10 Å². The highest BCUT2D eigenvalue weighted by molar-refractivity contribution is 5.62. The van der Waals surface area contributed by atoms with Gasteiger partial charge in [0.1, 0.15) is 5.75 Å². The highest BCUT2D eigenvalue weighted by Crippen LogP contribution is 2.25. The number of ether oxygens (including phenoxy) is 2. The minimum Gasteiger partial charge on any atom is -0.449 e. The third-order valence-electron chi connectivity index (χ3n) is 6.70. The lowest BCUT2D eigenvalue weighted by Gasteiger charge is -2.43. The Kier molecular flexibility index (Phi) is 8.90. The first-order valence-electron chi connectivity index (χ1n) is 12.2. The standard InChI is InChI=1S/C29H34N2O4/c1-34-28-22-30(18-16-25-14-8-9-15-27(25)35-29(32)33)19-17-26(28)31(20-23-10-4-2-5-11-23)21-24-12-6-3-7-13-24/h2-15,26,28H,16-22H2,1H3,(H,32,33). The van der Waals surface area contributed by atoms with E-state index in [1.54, 1.807) is 19.2 Å². The second-order valence-electron chi connectivity index (χ2n) is 9.03. The van der Waals surface area contributed by atoms with Crippen LogP contribution in [0.4, 0.5) is 4.79 Å². The van der Waals surface area contributed by atoms with Crippen molar-refractivity contribution >= 4 is 6.16 Å². The number of carboxylic acid groups (broad SMARTS) is 1. The molecule has 35 heavy (non-hydrogen) atoms. The first-order chi connectivity index (χ1) is 17.1. The van der Waals surface area contributed by atoms with Gasteiger partial charge in [-0.25, -0.2) is 4.79 Å². The minimum atomic E-state index is -1.28. The van der Waals surface area contributed by atoms with E-state index in [0.29, 0.717) is 11.8 Å². The zero-order valence-corrected chi connectivity index (χ0v) is 20.3. The SMILES string of the molecule is COC1CN(CCc2ccccc2OC(=O)O)CCC1N(Cc1ccccc1)Cc1ccccc1. The van der Waals surface area contributed by atoms with Gasteiger partial charge >= 0.3 is 6.16 Å². The van der Waals surface area contributed by atoms with E-state index in [1.807, 2.05) is 12.1 Å². The van der Waals surface area contributed by atoms with Crippen molar-refractivity contribution in [3.8, 4) is 5.75 Å². The second-order valence-corrected chi connectivity index (χ2v) is 9.03. The fourth-order valence-electron chi connectivity index (χ4n) is 4.93. The highest BCUT2D eigenvalue weighted by Gasteiger charge is 2.33. The number of hydrogen-bond donors (Lipinski definition) is 1. The fourth-order valence-corrected chi connectivity index (χ4v) is 4.93. The molecule has 2 atom stereocenters. The number of likely N-dealkylation sites (tertiary alicyclic amines) is 1. The van der Waals surface area contributed by atoms with Crippen LogP contribution in [0.3, 0.4) is 0 Å². The molecule has 0 bridgehead atoms. The lowest BCUT2D eigenvalue weighted by molar-refractivity contribution is -0.0432. The Balaban J connectivity index is 1.43. The number of para-hydroxylation sites is 1. The largest absolute Gasteiger partial charge is 0.511 e. The normalized spacial score (nSPS) is 18.5. The van der Waals surface area contributed by atoms with Crippen molar-refractivity contribution in [1.29, 1.82) is 0 Å². The summed E-state index contributed by atoms with van der Waals surface area (Å²) in [5, 5.41) is 9.01. The maximum Gasteiger partial charge on any atom is 0.511 e. The summed E-state index contributed by atoms with van der Waals surface area (Å²) < 4.78 is 11.0. The van der Waals surface area contributed by atoms with E-state index in [2.05, 4.69) is 70.5 Å². The molecule has 1 aliphatic heterocycles. The minimum absolute atomic E-state index is 0.0849. The molecule has 0 saturated carbocycles. The summed E-state index contributed by atoms with van der Waals surface area (Å²) >= 11 is 0. The molecule has 184 valence electrons. The summed E-state index contributed by atoms with van der Waals surface area (Å²) in [6.45, 7) is 4.38. The van der Waals surface area contributed by atoms with Gasteiger partial charge in [-0.05, 0) is 42.1 Å². The molecule has 1 aliphatic rings. The number of methoxy groups -OCH3 is 1. The van der Waals surface area contributed by atoms with Crippen molar-refractivity contribution in [2.75, 3.05) is 26.7 Å². The predicted octanol–water partition coefficient (Wildman–Crippen LogP) is 5.08. The first-order valence-corrected chi connectivity index (χ1v) is 12.2. The van der Waals surface area contributed by atoms with Gasteiger partial charge in [-0.2, -0.15) is 0 Å². The van der Waals surface area contributed by atoms with Gasteiger partial charge < -0.3 is 19.5 Å². The molecule has 3 aromatic rings. The van der Waals surface area contributed by atoms with Gasteiger partial charge in [-0.15, -0.1) is 0 Å². The summed E-state index contributed by atoms with van der Waals surface area (Å²) in [4.78, 5) is 16.0. The van der Waals surface area contributed by atoms with Crippen LogP contribution in [-0.2, 0) is 24.2 Å². The van der Waals surface area contributed by atoms with Crippen LogP contribution < -0.4 is 4.74 Å². The Hall–Kier alpha value is -3.19. The van der Waals surface area contributed by atoms with E-state index >= 15 is 0 Å². The maximum absolute atomic E-state index is 11.0. The van der Waals surface area contributed by atoms with E-state index in [1.165, 1.54) is 11.1 Å². The summed E-state index contributed by atoms with van der Waals surface area (Å²) in [5.74, 6) is 0.412. The number of hydrogen-bond acceptors (Lipinski definition) is 5. The Bertz CT molecular complexity index is 1020. The molecule has 0 radical (unpaired) electrons. The van der Waals surface area contributed by atoms with Crippen molar-refractivity contribution in [2.45, 2.75) is 38.1 Å². The van der Waals surface area contributed by atoms with Crippen LogP contribution in [0.5, 0.6) is 5.75 Å². The molecule has 0 spiro atoms. The molecular weight excluding hydrogens is 440 g/mol. The molecule has 1 fully saturated rings. The van der Waals surface area contributed by atoms with E-state index < -0.39 is 6.16 Å². The highest BCUT2D eigenvalue weighted by atomic mass is 16.7. The Morgan fingerprint density at radius 3 is 2.14 bits per heavy atom. The molecule has 1 N–H and O–H groups in total. The quantitative estimate of drug-likeness (QED) is 0.327. The van der Waals surface area contributed by atoms with Crippen molar-refractivity contribution in [1.82, 2.24) is 9.80 Å². The predicted molar refractivity (Wildman–Crippen MR) is 137 cm³/mol. The fraction of sp³-hybridized carbons (Fsp3) is 0.345. The number of nitrogens with zero attached hydrogens (tertiary/aromatic N) is 2. The summed E-state index contributed by atoms with van der Waals surface area (Å²) in [6, 6.07) is 28.9. The van der Waals surface area contributed by atoms with Crippen molar-refractivity contribution in [2.24, 2.45) is 0 Å². The van der Waals surface area contributed by atoms with Crippen LogP contribution in [0.1, 0.15) is 23.1 Å². The molecule has 1 heterocycles. The van der Waals surface area contributed by atoms with Crippen molar-refractivity contribution < 1.29 is 19.4 Å². The van der Waals surface area contributed by atoms with Gasteiger partial charge in [-0.3, -0.25) is 4.90 Å². The molecule has 4 rings (SSSR count). The molecular formula is C29H34N2O4. The second kappa shape index (κ2) is 12.5. The van der Waals surface area contributed by atoms with Crippen LogP contribution in [0, 0.1) is 0 Å². The Labute approximate surface area is 207 Å². The number of rotatable bonds is 10. The van der Waals surface area contributed by atoms with Crippen LogP contribution in [0.15, 0.2) is 84.9 Å². The molecule has 3 aromatic carbocycles. The Morgan fingerprint density at radius 1 is 0.943 bits per heavy atom. The van der Waals surface area contributed by atoms with E-state index in [9.17, 15) is 4.79 Å². The van der Waals surface area contributed by atoms with E-state index in [-0.39, 0.29) is 6.10 Å². The lowest BCUT2D eigenvalue weighted by atomic mass is 9.97. The molecule has 1 saturated heterocycles. The topological polar surface area (TPSA) is 62.2 Å². The Morgan fingerprint density at radius 2 is 1.54 bits per heavy atom. The molecule has 0 aliphatic carbocycles. The number of carbonyl (C=O) groups is 1. The summed E-state index contributed by atoms with van der Waals surface area (Å²) in [7, 11) is 1.81. The van der Waals surface area contributed by atoms with Crippen LogP contribution in [0.2, 0.25) is 0 Å². The van der Waals surface area contributed by atoms with Crippen LogP contribution in [-0.4, -0.2) is 60.0 Å². The maximum atomic E-state index is 11.0. The monoisotopic (exact) mass is 474 g/mol. The van der Waals surface area contributed by atoms with Gasteiger partial charge in [0.25, 0.3) is 0 Å². The average Bonchev–Trinajstić information content (AvgIpc) is 2.88. The molecule has 0 aromatic heterocycles. The van der Waals surface area contributed by atoms with Crippen molar-refractivity contribution in [3.63, 3.8) is 0 Å². The van der Waals surface area contributed by atoms with E-state index in [0.717, 1.165) is 51.1 Å². The van der Waals surface area contributed by atoms with Gasteiger partial charge in [0, 0.05) is 39.3 Å². The smallest absolute Gasteiger partial charge is 0.449 e. The summed E-state index contributed by atoms with van der Waals surface area (Å²) in [5.41, 5.74) is 3.51. The van der Waals surface area contributed by atoms with Crippen LogP contribution >= 0.6 is 0 Å². The molecule has 0 amide bonds. The van der Waals surface area contributed by atoms with Crippen molar-refractivity contribution in [3.05, 3.63) is 102 Å². The van der Waals surface area contributed by atoms with Gasteiger partial charge in [0.15, 0.2) is 0 Å². The van der Waals surface area contributed by atoms with E-state index in [4.69, 9.17) is 14.6 Å². The summed E-state index contributed by atoms with van der Waals surface area (Å²) in [6.07, 6.45) is 0.532. The zero-order valence-electron chi connectivity index (χ0n) is 20.3. The first kappa shape index (κ1) is 24.9. The van der Waals surface area contributed by atoms with Gasteiger partial charge in [0.2, 0.25) is 0 Å². The van der Waals surface area contributed by atoms with Gasteiger partial charge in [-0.1, -0.05) is 78.9 Å². The third-order valence-corrected chi connectivity index (χ3v) is 6.70. The lowest BCUT2D eigenvalue weighted by Crippen LogP contribution is -2.54. The average molecular weight is 475 g/mol. The molecule has 6 nitrogen and oxygen atoms in total. The zero-order chi connectivity index (χ0) is 24.5. The number of benzene rings is 3. The third kappa shape index (κ3) is 7.15. The van der Waals surface area contributed by atoms with Crippen LogP contribution in [0.25, 0.3) is 0 Å². The molecule has 2 unspecified atom stereocenters.